The van der Waals surface area contributed by atoms with E-state index in [-0.39, 0.29) is 0 Å². The van der Waals surface area contributed by atoms with Crippen LogP contribution in [0.2, 0.25) is 39.3 Å². The first-order valence-electron chi connectivity index (χ1n) is 5.84. The molecule has 0 aromatic rings. The standard InChI is InChI=1S/C12H24OSi2/c1-14(2,3)8-7-11-9-12(11)10-13-15(4,5)6/h11-12H,9-10H2,1-6H3/t11-,12-/m1/s1. The van der Waals surface area contributed by atoms with Crippen molar-refractivity contribution >= 4 is 16.4 Å². The van der Waals surface area contributed by atoms with E-state index in [1.165, 1.54) is 6.42 Å². The first-order valence-corrected chi connectivity index (χ1v) is 12.7. The van der Waals surface area contributed by atoms with Crippen LogP contribution in [0.4, 0.5) is 0 Å². The summed E-state index contributed by atoms with van der Waals surface area (Å²) >= 11 is 0. The molecule has 1 saturated carbocycles. The van der Waals surface area contributed by atoms with E-state index in [0.29, 0.717) is 5.92 Å². The fraction of sp³-hybridized carbons (Fsp3) is 0.833. The lowest BCUT2D eigenvalue weighted by atomic mass is 10.3. The lowest BCUT2D eigenvalue weighted by molar-refractivity contribution is 0.289. The van der Waals surface area contributed by atoms with Gasteiger partial charge < -0.3 is 4.43 Å². The van der Waals surface area contributed by atoms with E-state index in [0.717, 1.165) is 12.5 Å². The third-order valence-electron chi connectivity index (χ3n) is 2.29. The average molecular weight is 240 g/mol. The predicted octanol–water partition coefficient (Wildman–Crippen LogP) is 3.35. The monoisotopic (exact) mass is 240 g/mol. The van der Waals surface area contributed by atoms with Gasteiger partial charge in [-0.1, -0.05) is 19.6 Å². The number of hydrogen-bond donors (Lipinski definition) is 0. The summed E-state index contributed by atoms with van der Waals surface area (Å²) in [6, 6.07) is 0. The summed E-state index contributed by atoms with van der Waals surface area (Å²) in [7, 11) is -2.47. The van der Waals surface area contributed by atoms with Crippen LogP contribution in [-0.4, -0.2) is 23.0 Å². The largest absolute Gasteiger partial charge is 0.417 e. The number of rotatable bonds is 3. The summed E-state index contributed by atoms with van der Waals surface area (Å²) in [5.74, 6) is 4.81. The fourth-order valence-electron chi connectivity index (χ4n) is 1.27. The van der Waals surface area contributed by atoms with Gasteiger partial charge in [-0.2, -0.15) is 0 Å². The molecule has 1 fully saturated rings. The molecular weight excluding hydrogens is 216 g/mol. The molecule has 0 amide bonds. The first kappa shape index (κ1) is 13.0. The summed E-state index contributed by atoms with van der Waals surface area (Å²) in [6.45, 7) is 14.6. The molecule has 1 aliphatic rings. The smallest absolute Gasteiger partial charge is 0.183 e. The van der Waals surface area contributed by atoms with Crippen LogP contribution in [0.25, 0.3) is 0 Å². The number of hydrogen-bond acceptors (Lipinski definition) is 1. The maximum Gasteiger partial charge on any atom is 0.183 e. The molecule has 3 heteroatoms. The Morgan fingerprint density at radius 2 is 1.73 bits per heavy atom. The van der Waals surface area contributed by atoms with Crippen molar-refractivity contribution in [2.24, 2.45) is 11.8 Å². The molecule has 0 aliphatic heterocycles. The van der Waals surface area contributed by atoms with Gasteiger partial charge in [0.05, 0.1) is 0 Å². The highest BCUT2D eigenvalue weighted by atomic mass is 28.4. The summed E-state index contributed by atoms with van der Waals surface area (Å²) in [5, 5.41) is 0. The van der Waals surface area contributed by atoms with Gasteiger partial charge in [-0.05, 0) is 32.0 Å². The van der Waals surface area contributed by atoms with Crippen molar-refractivity contribution in [2.75, 3.05) is 6.61 Å². The van der Waals surface area contributed by atoms with Crippen molar-refractivity contribution in [2.45, 2.75) is 45.7 Å². The van der Waals surface area contributed by atoms with E-state index in [1.54, 1.807) is 0 Å². The van der Waals surface area contributed by atoms with Crippen molar-refractivity contribution < 1.29 is 4.43 Å². The SMILES string of the molecule is C[Si](C)(C)C#C[C@@H]1C[C@@H]1CO[Si](C)(C)C. The van der Waals surface area contributed by atoms with Gasteiger partial charge >= 0.3 is 0 Å². The lowest BCUT2D eigenvalue weighted by Crippen LogP contribution is -2.26. The van der Waals surface area contributed by atoms with Crippen LogP contribution in [0.3, 0.4) is 0 Å². The van der Waals surface area contributed by atoms with Gasteiger partial charge in [0.25, 0.3) is 0 Å². The van der Waals surface area contributed by atoms with Gasteiger partial charge in [0.2, 0.25) is 0 Å². The Labute approximate surface area is 96.7 Å². The van der Waals surface area contributed by atoms with E-state index in [4.69, 9.17) is 4.43 Å². The van der Waals surface area contributed by atoms with Crippen LogP contribution in [0.1, 0.15) is 6.42 Å². The molecule has 0 bridgehead atoms. The molecule has 0 aromatic carbocycles. The highest BCUT2D eigenvalue weighted by Gasteiger charge is 2.36. The predicted molar refractivity (Wildman–Crippen MR) is 72.0 cm³/mol. The Hall–Kier alpha value is -0.0462. The van der Waals surface area contributed by atoms with Crippen LogP contribution < -0.4 is 0 Å². The van der Waals surface area contributed by atoms with E-state index in [9.17, 15) is 0 Å². The molecule has 0 N–H and O–H groups in total. The minimum absolute atomic E-state index is 0.646. The summed E-state index contributed by atoms with van der Waals surface area (Å²) in [5.41, 5.74) is 3.46. The van der Waals surface area contributed by atoms with Crippen LogP contribution in [-0.2, 0) is 4.43 Å². The third kappa shape index (κ3) is 6.19. The molecule has 0 heterocycles. The zero-order valence-corrected chi connectivity index (χ0v) is 13.0. The van der Waals surface area contributed by atoms with Crippen molar-refractivity contribution in [3.05, 3.63) is 0 Å². The molecular formula is C12H24OSi2. The quantitative estimate of drug-likeness (QED) is 0.543. The molecule has 1 aliphatic carbocycles. The maximum absolute atomic E-state index is 5.90. The van der Waals surface area contributed by atoms with Gasteiger partial charge in [-0.15, -0.1) is 11.5 Å². The van der Waals surface area contributed by atoms with Gasteiger partial charge in [-0.3, -0.25) is 0 Å². The van der Waals surface area contributed by atoms with Crippen molar-refractivity contribution in [3.8, 4) is 11.5 Å². The highest BCUT2D eigenvalue weighted by molar-refractivity contribution is 6.83. The van der Waals surface area contributed by atoms with E-state index < -0.39 is 16.4 Å². The lowest BCUT2D eigenvalue weighted by Gasteiger charge is -2.16. The van der Waals surface area contributed by atoms with E-state index in [1.807, 2.05) is 0 Å². The van der Waals surface area contributed by atoms with Gasteiger partial charge in [0.15, 0.2) is 8.32 Å². The summed E-state index contributed by atoms with van der Waals surface area (Å²) in [4.78, 5) is 0. The summed E-state index contributed by atoms with van der Waals surface area (Å²) in [6.07, 6.45) is 1.27. The minimum atomic E-state index is -1.31. The zero-order valence-electron chi connectivity index (χ0n) is 11.0. The van der Waals surface area contributed by atoms with Crippen LogP contribution in [0.5, 0.6) is 0 Å². The molecule has 1 rings (SSSR count). The Kier molecular flexibility index (Phi) is 3.86. The fourth-order valence-corrected chi connectivity index (χ4v) is 2.61. The van der Waals surface area contributed by atoms with Crippen LogP contribution in [0.15, 0.2) is 0 Å². The molecule has 2 atom stereocenters. The second-order valence-corrected chi connectivity index (χ2v) is 15.8. The molecule has 0 unspecified atom stereocenters. The van der Waals surface area contributed by atoms with Crippen molar-refractivity contribution in [1.29, 1.82) is 0 Å². The zero-order chi connectivity index (χ0) is 11.7. The van der Waals surface area contributed by atoms with Crippen LogP contribution >= 0.6 is 0 Å². The van der Waals surface area contributed by atoms with Gasteiger partial charge in [0.1, 0.15) is 8.07 Å². The van der Waals surface area contributed by atoms with E-state index in [2.05, 4.69) is 50.7 Å². The first-order chi connectivity index (χ1) is 6.67. The molecule has 15 heavy (non-hydrogen) atoms. The molecule has 0 spiro atoms. The van der Waals surface area contributed by atoms with Gasteiger partial charge in [-0.25, -0.2) is 0 Å². The minimum Gasteiger partial charge on any atom is -0.417 e. The topological polar surface area (TPSA) is 9.23 Å². The van der Waals surface area contributed by atoms with Gasteiger partial charge in [0, 0.05) is 12.5 Å². The second-order valence-electron chi connectivity index (χ2n) is 6.54. The Morgan fingerprint density at radius 1 is 1.13 bits per heavy atom. The van der Waals surface area contributed by atoms with E-state index >= 15 is 0 Å². The maximum atomic E-state index is 5.90. The average Bonchev–Trinajstić information content (AvgIpc) is 2.73. The third-order valence-corrected chi connectivity index (χ3v) is 4.21. The molecule has 0 saturated heterocycles. The van der Waals surface area contributed by atoms with Crippen LogP contribution in [0, 0.1) is 23.3 Å². The Bertz CT molecular complexity index is 275. The normalized spacial score (nSPS) is 25.7. The highest BCUT2D eigenvalue weighted by Crippen LogP contribution is 2.38. The molecule has 0 radical (unpaired) electrons. The molecule has 0 aromatic heterocycles. The van der Waals surface area contributed by atoms with Crippen molar-refractivity contribution in [1.82, 2.24) is 0 Å². The van der Waals surface area contributed by atoms with Crippen molar-refractivity contribution in [3.63, 3.8) is 0 Å². The molecule has 1 nitrogen and oxygen atoms in total. The Balaban J connectivity index is 2.26. The molecule has 86 valence electrons. The Morgan fingerprint density at radius 3 is 2.20 bits per heavy atom. The second kappa shape index (κ2) is 4.44. The summed E-state index contributed by atoms with van der Waals surface area (Å²) < 4.78 is 5.90.